The highest BCUT2D eigenvalue weighted by molar-refractivity contribution is 4.77. The topological polar surface area (TPSA) is 33.3 Å². The molecule has 2 N–H and O–H groups in total. The first-order valence-electron chi connectivity index (χ1n) is 7.39. The molecular weight excluding hydrogens is 212 g/mol. The van der Waals surface area contributed by atoms with Crippen LogP contribution in [0.3, 0.4) is 0 Å². The minimum atomic E-state index is 0.553. The molecule has 2 rings (SSSR count). The van der Waals surface area contributed by atoms with Gasteiger partial charge in [-0.2, -0.15) is 0 Å². The molecule has 1 saturated carbocycles. The Morgan fingerprint density at radius 2 is 2.12 bits per heavy atom. The van der Waals surface area contributed by atoms with Gasteiger partial charge in [0.2, 0.25) is 0 Å². The van der Waals surface area contributed by atoms with Crippen molar-refractivity contribution < 1.29 is 4.74 Å². The van der Waals surface area contributed by atoms with E-state index in [4.69, 9.17) is 4.74 Å². The van der Waals surface area contributed by atoms with Crippen molar-refractivity contribution in [1.82, 2.24) is 10.6 Å². The summed E-state index contributed by atoms with van der Waals surface area (Å²) in [6, 6.07) is 1.16. The second kappa shape index (κ2) is 7.34. The van der Waals surface area contributed by atoms with Crippen LogP contribution in [0.25, 0.3) is 0 Å². The summed E-state index contributed by atoms with van der Waals surface area (Å²) in [6.07, 6.45) is 8.40. The van der Waals surface area contributed by atoms with Gasteiger partial charge in [0, 0.05) is 18.6 Å². The average Bonchev–Trinajstić information content (AvgIpc) is 2.39. The van der Waals surface area contributed by atoms with Gasteiger partial charge < -0.3 is 15.4 Å². The van der Waals surface area contributed by atoms with E-state index in [2.05, 4.69) is 17.6 Å². The van der Waals surface area contributed by atoms with Crippen LogP contribution in [0.1, 0.15) is 45.4 Å². The summed E-state index contributed by atoms with van der Waals surface area (Å²) in [5, 5.41) is 7.23. The summed E-state index contributed by atoms with van der Waals surface area (Å²) >= 11 is 0. The Kier molecular flexibility index (Phi) is 5.75. The molecule has 1 aliphatic heterocycles. The van der Waals surface area contributed by atoms with E-state index in [0.29, 0.717) is 12.1 Å². The first kappa shape index (κ1) is 13.3. The number of morpholine rings is 1. The van der Waals surface area contributed by atoms with E-state index in [0.717, 1.165) is 25.7 Å². The van der Waals surface area contributed by atoms with Gasteiger partial charge in [-0.3, -0.25) is 0 Å². The Balaban J connectivity index is 1.57. The molecule has 0 aromatic carbocycles. The van der Waals surface area contributed by atoms with Crippen LogP contribution in [0.5, 0.6) is 0 Å². The predicted molar refractivity (Wildman–Crippen MR) is 71.3 cm³/mol. The Hall–Kier alpha value is -0.120. The van der Waals surface area contributed by atoms with E-state index in [9.17, 15) is 0 Å². The quantitative estimate of drug-likeness (QED) is 0.770. The van der Waals surface area contributed by atoms with Gasteiger partial charge in [-0.25, -0.2) is 0 Å². The van der Waals surface area contributed by atoms with Crippen molar-refractivity contribution in [3.8, 4) is 0 Å². The third-order valence-corrected chi connectivity index (χ3v) is 4.12. The predicted octanol–water partition coefficient (Wildman–Crippen LogP) is 1.92. The normalized spacial score (nSPS) is 29.1. The van der Waals surface area contributed by atoms with Crippen LogP contribution in [0, 0.1) is 5.92 Å². The summed E-state index contributed by atoms with van der Waals surface area (Å²) in [6.45, 7) is 6.30. The molecule has 2 unspecified atom stereocenters. The zero-order valence-electron chi connectivity index (χ0n) is 11.2. The minimum absolute atomic E-state index is 0.553. The molecule has 0 spiro atoms. The lowest BCUT2D eigenvalue weighted by Crippen LogP contribution is -2.45. The highest BCUT2D eigenvalue weighted by atomic mass is 16.5. The number of rotatable bonds is 5. The highest BCUT2D eigenvalue weighted by Crippen LogP contribution is 2.22. The summed E-state index contributed by atoms with van der Waals surface area (Å²) in [7, 11) is 0. The lowest BCUT2D eigenvalue weighted by Gasteiger charge is -2.28. The van der Waals surface area contributed by atoms with Crippen molar-refractivity contribution in [2.45, 2.75) is 57.5 Å². The fourth-order valence-corrected chi connectivity index (χ4v) is 3.04. The fraction of sp³-hybridized carbons (Fsp3) is 1.00. The molecule has 0 aromatic rings. The van der Waals surface area contributed by atoms with Gasteiger partial charge in [0.25, 0.3) is 0 Å². The molecule has 3 heteroatoms. The second-order valence-corrected chi connectivity index (χ2v) is 5.77. The van der Waals surface area contributed by atoms with Gasteiger partial charge in [-0.1, -0.05) is 19.3 Å². The molecule has 1 heterocycles. The average molecular weight is 240 g/mol. The number of hydrogen-bond donors (Lipinski definition) is 2. The number of hydrogen-bond acceptors (Lipinski definition) is 3. The first-order chi connectivity index (χ1) is 8.34. The summed E-state index contributed by atoms with van der Waals surface area (Å²) in [5.41, 5.74) is 0. The van der Waals surface area contributed by atoms with Gasteiger partial charge in [-0.15, -0.1) is 0 Å². The maximum Gasteiger partial charge on any atom is 0.0620 e. The second-order valence-electron chi connectivity index (χ2n) is 5.77. The van der Waals surface area contributed by atoms with Crippen LogP contribution < -0.4 is 10.6 Å². The standard InChI is InChI=1S/C14H28N2O/c1-12(9-14-11-17-8-7-15-14)16-10-13-5-3-2-4-6-13/h12-16H,2-11H2,1H3. The third kappa shape index (κ3) is 4.94. The number of ether oxygens (including phenoxy) is 1. The largest absolute Gasteiger partial charge is 0.379 e. The first-order valence-corrected chi connectivity index (χ1v) is 7.39. The molecule has 2 atom stereocenters. The SMILES string of the molecule is CC(CC1COCCN1)NCC1CCCCC1. The lowest BCUT2D eigenvalue weighted by molar-refractivity contribution is 0.0710. The van der Waals surface area contributed by atoms with Crippen molar-refractivity contribution in [3.05, 3.63) is 0 Å². The smallest absolute Gasteiger partial charge is 0.0620 e. The molecule has 0 aromatic heterocycles. The lowest BCUT2D eigenvalue weighted by atomic mass is 9.89. The Morgan fingerprint density at radius 1 is 1.29 bits per heavy atom. The van der Waals surface area contributed by atoms with Crippen LogP contribution >= 0.6 is 0 Å². The van der Waals surface area contributed by atoms with E-state index >= 15 is 0 Å². The minimum Gasteiger partial charge on any atom is -0.379 e. The van der Waals surface area contributed by atoms with E-state index in [-0.39, 0.29) is 0 Å². The molecule has 1 aliphatic carbocycles. The van der Waals surface area contributed by atoms with Crippen LogP contribution in [0.4, 0.5) is 0 Å². The molecule has 3 nitrogen and oxygen atoms in total. The molecule has 0 bridgehead atoms. The molecule has 1 saturated heterocycles. The van der Waals surface area contributed by atoms with Crippen molar-refractivity contribution in [1.29, 1.82) is 0 Å². The summed E-state index contributed by atoms with van der Waals surface area (Å²) in [4.78, 5) is 0. The zero-order valence-corrected chi connectivity index (χ0v) is 11.2. The molecule has 0 amide bonds. The number of nitrogens with one attached hydrogen (secondary N) is 2. The molecule has 2 aliphatic rings. The van der Waals surface area contributed by atoms with Crippen molar-refractivity contribution in [2.24, 2.45) is 5.92 Å². The van der Waals surface area contributed by atoms with Crippen molar-refractivity contribution in [3.63, 3.8) is 0 Å². The molecule has 100 valence electrons. The van der Waals surface area contributed by atoms with Crippen LogP contribution in [0.2, 0.25) is 0 Å². The fourth-order valence-electron chi connectivity index (χ4n) is 3.04. The summed E-state index contributed by atoms with van der Waals surface area (Å²) < 4.78 is 5.49. The third-order valence-electron chi connectivity index (χ3n) is 4.12. The van der Waals surface area contributed by atoms with E-state index in [1.807, 2.05) is 0 Å². The Morgan fingerprint density at radius 3 is 2.82 bits per heavy atom. The molecular formula is C14H28N2O. The zero-order chi connectivity index (χ0) is 11.9. The van der Waals surface area contributed by atoms with Crippen LogP contribution in [-0.4, -0.2) is 38.4 Å². The van der Waals surface area contributed by atoms with Crippen molar-refractivity contribution >= 4 is 0 Å². The molecule has 0 radical (unpaired) electrons. The maximum absolute atomic E-state index is 5.49. The Bertz CT molecular complexity index is 198. The monoisotopic (exact) mass is 240 g/mol. The highest BCUT2D eigenvalue weighted by Gasteiger charge is 2.18. The van der Waals surface area contributed by atoms with Gasteiger partial charge in [-0.05, 0) is 38.6 Å². The van der Waals surface area contributed by atoms with Gasteiger partial charge in [0.1, 0.15) is 0 Å². The van der Waals surface area contributed by atoms with Crippen LogP contribution in [-0.2, 0) is 4.74 Å². The van der Waals surface area contributed by atoms with Gasteiger partial charge >= 0.3 is 0 Å². The van der Waals surface area contributed by atoms with Crippen molar-refractivity contribution in [2.75, 3.05) is 26.3 Å². The molecule has 17 heavy (non-hydrogen) atoms. The van der Waals surface area contributed by atoms with Crippen LogP contribution in [0.15, 0.2) is 0 Å². The van der Waals surface area contributed by atoms with Gasteiger partial charge in [0.05, 0.1) is 13.2 Å². The van der Waals surface area contributed by atoms with E-state index in [1.165, 1.54) is 45.1 Å². The maximum atomic E-state index is 5.49. The molecule has 2 fully saturated rings. The van der Waals surface area contributed by atoms with E-state index < -0.39 is 0 Å². The van der Waals surface area contributed by atoms with Gasteiger partial charge in [0.15, 0.2) is 0 Å². The summed E-state index contributed by atoms with van der Waals surface area (Å²) in [5.74, 6) is 0.932. The Labute approximate surface area is 106 Å². The van der Waals surface area contributed by atoms with E-state index in [1.54, 1.807) is 0 Å².